The van der Waals surface area contributed by atoms with Crippen molar-refractivity contribution in [2.45, 2.75) is 17.6 Å². The van der Waals surface area contributed by atoms with Crippen LogP contribution in [0.3, 0.4) is 0 Å². The van der Waals surface area contributed by atoms with Gasteiger partial charge in [0.25, 0.3) is 5.91 Å². The molecule has 0 spiro atoms. The molecule has 4 nitrogen and oxygen atoms in total. The Labute approximate surface area is 106 Å². The van der Waals surface area contributed by atoms with Crippen LogP contribution in [-0.2, 0) is 0 Å². The molecule has 2 rings (SSSR count). The highest BCUT2D eigenvalue weighted by atomic mass is 32.2. The smallest absolute Gasteiger partial charge is 0.270 e. The van der Waals surface area contributed by atoms with E-state index in [4.69, 9.17) is 0 Å². The number of nitrogens with zero attached hydrogens (tertiary/aromatic N) is 1. The first-order chi connectivity index (χ1) is 8.19. The second-order valence-electron chi connectivity index (χ2n) is 4.23. The lowest BCUT2D eigenvalue weighted by Gasteiger charge is -2.12. The van der Waals surface area contributed by atoms with E-state index < -0.39 is 0 Å². The Balaban J connectivity index is 1.95. The zero-order valence-corrected chi connectivity index (χ0v) is 10.9. The van der Waals surface area contributed by atoms with Crippen LogP contribution >= 0.6 is 11.8 Å². The summed E-state index contributed by atoms with van der Waals surface area (Å²) in [6, 6.07) is 5.39. The van der Waals surface area contributed by atoms with Crippen LogP contribution in [-0.4, -0.2) is 35.5 Å². The number of hydrogen-bond acceptors (Lipinski definition) is 4. The maximum Gasteiger partial charge on any atom is 0.270 e. The van der Waals surface area contributed by atoms with E-state index in [0.717, 1.165) is 6.54 Å². The van der Waals surface area contributed by atoms with Crippen molar-refractivity contribution in [3.8, 4) is 0 Å². The van der Waals surface area contributed by atoms with Crippen molar-refractivity contribution in [3.05, 3.63) is 23.9 Å². The average molecular weight is 251 g/mol. The van der Waals surface area contributed by atoms with Gasteiger partial charge in [-0.1, -0.05) is 6.07 Å². The van der Waals surface area contributed by atoms with Crippen molar-refractivity contribution in [1.82, 2.24) is 10.3 Å². The highest BCUT2D eigenvalue weighted by Crippen LogP contribution is 2.46. The van der Waals surface area contributed by atoms with Crippen molar-refractivity contribution in [2.24, 2.45) is 0 Å². The van der Waals surface area contributed by atoms with Crippen LogP contribution in [0.1, 0.15) is 23.3 Å². The first kappa shape index (κ1) is 12.2. The van der Waals surface area contributed by atoms with Crippen molar-refractivity contribution < 1.29 is 4.79 Å². The first-order valence-electron chi connectivity index (χ1n) is 5.67. The number of thioether (sulfide) groups is 1. The van der Waals surface area contributed by atoms with Crippen molar-refractivity contribution in [3.63, 3.8) is 0 Å². The monoisotopic (exact) mass is 251 g/mol. The van der Waals surface area contributed by atoms with Crippen molar-refractivity contribution >= 4 is 23.5 Å². The van der Waals surface area contributed by atoms with E-state index in [-0.39, 0.29) is 10.7 Å². The number of hydrogen-bond donors (Lipinski definition) is 2. The maximum absolute atomic E-state index is 11.9. The summed E-state index contributed by atoms with van der Waals surface area (Å²) in [6.07, 6.45) is 4.48. The maximum atomic E-state index is 11.9. The zero-order valence-electron chi connectivity index (χ0n) is 10.1. The van der Waals surface area contributed by atoms with Crippen LogP contribution in [0.25, 0.3) is 0 Å². The number of amides is 1. The fraction of sp³-hybridized carbons (Fsp3) is 0.500. The predicted molar refractivity (Wildman–Crippen MR) is 71.6 cm³/mol. The van der Waals surface area contributed by atoms with Gasteiger partial charge in [0, 0.05) is 18.3 Å². The van der Waals surface area contributed by atoms with Crippen LogP contribution < -0.4 is 10.6 Å². The van der Waals surface area contributed by atoms with Gasteiger partial charge in [0.15, 0.2) is 0 Å². The van der Waals surface area contributed by atoms with Crippen molar-refractivity contribution in [1.29, 1.82) is 0 Å². The van der Waals surface area contributed by atoms with Crippen molar-refractivity contribution in [2.75, 3.05) is 25.2 Å². The van der Waals surface area contributed by atoms with E-state index in [2.05, 4.69) is 21.9 Å². The Kier molecular flexibility index (Phi) is 3.57. The van der Waals surface area contributed by atoms with Crippen LogP contribution in [0.2, 0.25) is 0 Å². The number of carbonyl (C=O) groups excluding carboxylic acids is 1. The summed E-state index contributed by atoms with van der Waals surface area (Å²) in [7, 11) is 1.79. The molecule has 1 amide bonds. The number of pyridine rings is 1. The molecular formula is C12H17N3OS. The summed E-state index contributed by atoms with van der Waals surface area (Å²) in [5.41, 5.74) is 0.466. The minimum Gasteiger partial charge on any atom is -0.373 e. The molecule has 1 aliphatic carbocycles. The van der Waals surface area contributed by atoms with Gasteiger partial charge >= 0.3 is 0 Å². The van der Waals surface area contributed by atoms with Gasteiger partial charge in [-0.2, -0.15) is 11.8 Å². The van der Waals surface area contributed by atoms with E-state index in [1.165, 1.54) is 12.8 Å². The molecule has 0 saturated heterocycles. The molecule has 17 heavy (non-hydrogen) atoms. The molecule has 0 unspecified atom stereocenters. The molecule has 0 radical (unpaired) electrons. The molecule has 0 atom stereocenters. The highest BCUT2D eigenvalue weighted by Gasteiger charge is 2.41. The average Bonchev–Trinajstić information content (AvgIpc) is 3.17. The van der Waals surface area contributed by atoms with Gasteiger partial charge in [-0.3, -0.25) is 4.79 Å². The van der Waals surface area contributed by atoms with E-state index in [9.17, 15) is 4.79 Å². The third kappa shape index (κ3) is 2.91. The summed E-state index contributed by atoms with van der Waals surface area (Å²) < 4.78 is 0.288. The Bertz CT molecular complexity index is 418. The van der Waals surface area contributed by atoms with Gasteiger partial charge in [-0.15, -0.1) is 0 Å². The topological polar surface area (TPSA) is 54.0 Å². The Hall–Kier alpha value is -1.23. The molecule has 1 aromatic heterocycles. The molecular weight excluding hydrogens is 234 g/mol. The van der Waals surface area contributed by atoms with Gasteiger partial charge in [-0.05, 0) is 31.2 Å². The largest absolute Gasteiger partial charge is 0.373 e. The van der Waals surface area contributed by atoms with E-state index >= 15 is 0 Å². The Morgan fingerprint density at radius 3 is 2.88 bits per heavy atom. The molecule has 0 aromatic carbocycles. The fourth-order valence-corrected chi connectivity index (χ4v) is 2.35. The quantitative estimate of drug-likeness (QED) is 0.837. The first-order valence-corrected chi connectivity index (χ1v) is 6.90. The Morgan fingerprint density at radius 2 is 2.29 bits per heavy atom. The van der Waals surface area contributed by atoms with Gasteiger partial charge in [0.2, 0.25) is 0 Å². The molecule has 1 aliphatic rings. The molecule has 1 saturated carbocycles. The standard InChI is InChI=1S/C12H17N3OS/c1-13-10-5-3-4-9(15-10)11(16)14-8-12(17-2)6-7-12/h3-5H,6-8H2,1-2H3,(H,13,15)(H,14,16). The normalized spacial score (nSPS) is 16.4. The molecule has 0 bridgehead atoms. The van der Waals surface area contributed by atoms with Crippen LogP contribution in [0, 0.1) is 0 Å². The second-order valence-corrected chi connectivity index (χ2v) is 5.50. The molecule has 2 N–H and O–H groups in total. The number of carbonyl (C=O) groups is 1. The lowest BCUT2D eigenvalue weighted by atomic mass is 10.3. The van der Waals surface area contributed by atoms with Gasteiger partial charge in [-0.25, -0.2) is 4.98 Å². The number of aromatic nitrogens is 1. The predicted octanol–water partition coefficient (Wildman–Crippen LogP) is 1.75. The van der Waals surface area contributed by atoms with Gasteiger partial charge in [0.1, 0.15) is 11.5 Å². The van der Waals surface area contributed by atoms with E-state index in [1.807, 2.05) is 23.9 Å². The van der Waals surface area contributed by atoms with Gasteiger partial charge in [0.05, 0.1) is 0 Å². The number of anilines is 1. The summed E-state index contributed by atoms with van der Waals surface area (Å²) >= 11 is 1.84. The summed E-state index contributed by atoms with van der Waals surface area (Å²) in [6.45, 7) is 0.735. The molecule has 5 heteroatoms. The van der Waals surface area contributed by atoms with Gasteiger partial charge < -0.3 is 10.6 Å². The lowest BCUT2D eigenvalue weighted by Crippen LogP contribution is -2.32. The Morgan fingerprint density at radius 1 is 1.53 bits per heavy atom. The van der Waals surface area contributed by atoms with Crippen LogP contribution in [0.4, 0.5) is 5.82 Å². The minimum absolute atomic E-state index is 0.0950. The summed E-state index contributed by atoms with van der Waals surface area (Å²) in [5, 5.41) is 5.88. The molecule has 0 aliphatic heterocycles. The summed E-state index contributed by atoms with van der Waals surface area (Å²) in [5.74, 6) is 0.617. The van der Waals surface area contributed by atoms with Crippen LogP contribution in [0.5, 0.6) is 0 Å². The third-order valence-electron chi connectivity index (χ3n) is 3.05. The SMILES string of the molecule is CNc1cccc(C(=O)NCC2(SC)CC2)n1. The molecule has 1 aromatic rings. The number of nitrogens with one attached hydrogen (secondary N) is 2. The molecule has 92 valence electrons. The fourth-order valence-electron chi connectivity index (χ4n) is 1.62. The second kappa shape index (κ2) is 4.96. The molecule has 1 heterocycles. The third-order valence-corrected chi connectivity index (χ3v) is 4.47. The highest BCUT2D eigenvalue weighted by molar-refractivity contribution is 8.00. The molecule has 1 fully saturated rings. The van der Waals surface area contributed by atoms with E-state index in [1.54, 1.807) is 13.1 Å². The lowest BCUT2D eigenvalue weighted by molar-refractivity contribution is 0.0948. The van der Waals surface area contributed by atoms with Crippen LogP contribution in [0.15, 0.2) is 18.2 Å². The minimum atomic E-state index is -0.0950. The summed E-state index contributed by atoms with van der Waals surface area (Å²) in [4.78, 5) is 16.1. The van der Waals surface area contributed by atoms with E-state index in [0.29, 0.717) is 11.5 Å². The zero-order chi connectivity index (χ0) is 12.3. The number of rotatable bonds is 5.